The van der Waals surface area contributed by atoms with Crippen molar-refractivity contribution in [1.82, 2.24) is 4.57 Å². The number of hydrogen-bond donors (Lipinski definition) is 2. The SMILES string of the molecule is O=C(O)Cn1c2c(c(O)cc1=O)C(=O)CC2. The summed E-state index contributed by atoms with van der Waals surface area (Å²) in [5.74, 6) is -1.77. The lowest BCUT2D eigenvalue weighted by atomic mass is 10.2. The van der Waals surface area contributed by atoms with Crippen molar-refractivity contribution in [3.05, 3.63) is 27.7 Å². The van der Waals surface area contributed by atoms with Crippen LogP contribution in [-0.2, 0) is 17.8 Å². The summed E-state index contributed by atoms with van der Waals surface area (Å²) in [5.41, 5.74) is -0.202. The largest absolute Gasteiger partial charge is 0.507 e. The molecule has 0 aliphatic heterocycles. The zero-order valence-electron chi connectivity index (χ0n) is 8.27. The van der Waals surface area contributed by atoms with Crippen molar-refractivity contribution >= 4 is 11.8 Å². The highest BCUT2D eigenvalue weighted by molar-refractivity contribution is 6.02. The number of carboxylic acids is 1. The van der Waals surface area contributed by atoms with Crippen LogP contribution < -0.4 is 5.56 Å². The number of carboxylic acid groups (broad SMARTS) is 1. The van der Waals surface area contributed by atoms with Gasteiger partial charge < -0.3 is 14.8 Å². The molecule has 0 aromatic carbocycles. The van der Waals surface area contributed by atoms with Gasteiger partial charge in [0.25, 0.3) is 5.56 Å². The molecule has 16 heavy (non-hydrogen) atoms. The molecule has 0 bridgehead atoms. The van der Waals surface area contributed by atoms with E-state index < -0.39 is 18.1 Å². The molecule has 2 N–H and O–H groups in total. The summed E-state index contributed by atoms with van der Waals surface area (Å²) in [4.78, 5) is 33.5. The first kappa shape index (κ1) is 10.4. The molecule has 1 aliphatic rings. The van der Waals surface area contributed by atoms with Gasteiger partial charge in [-0.1, -0.05) is 0 Å². The van der Waals surface area contributed by atoms with Crippen LogP contribution in [0, 0.1) is 0 Å². The van der Waals surface area contributed by atoms with E-state index in [2.05, 4.69) is 0 Å². The first-order valence-electron chi connectivity index (χ1n) is 4.71. The zero-order valence-corrected chi connectivity index (χ0v) is 8.27. The van der Waals surface area contributed by atoms with E-state index in [1.54, 1.807) is 0 Å². The Morgan fingerprint density at radius 3 is 2.69 bits per heavy atom. The molecule has 0 spiro atoms. The predicted molar refractivity (Wildman–Crippen MR) is 52.7 cm³/mol. The summed E-state index contributed by atoms with van der Waals surface area (Å²) in [6, 6.07) is 0.880. The van der Waals surface area contributed by atoms with Gasteiger partial charge in [0, 0.05) is 18.2 Å². The predicted octanol–water partition coefficient (Wildman–Crippen LogP) is -0.233. The number of Topliss-reactive ketones (excluding diaryl/α,β-unsaturated/α-hetero) is 1. The van der Waals surface area contributed by atoms with Crippen molar-refractivity contribution in [2.45, 2.75) is 19.4 Å². The Balaban J connectivity index is 2.67. The standard InChI is InChI=1S/C10H9NO5/c12-6-2-1-5-10(6)7(13)3-8(14)11(5)4-9(15)16/h3,13H,1-2,4H2,(H,15,16). The lowest BCUT2D eigenvalue weighted by Gasteiger charge is -2.09. The van der Waals surface area contributed by atoms with Gasteiger partial charge in [0.2, 0.25) is 0 Å². The number of hydrogen-bond acceptors (Lipinski definition) is 4. The van der Waals surface area contributed by atoms with Gasteiger partial charge in [0.05, 0.1) is 5.56 Å². The third-order valence-corrected chi connectivity index (χ3v) is 2.56. The number of carbonyl (C=O) groups excluding carboxylic acids is 1. The number of carbonyl (C=O) groups is 2. The molecule has 0 saturated heterocycles. The summed E-state index contributed by atoms with van der Waals surface area (Å²) in [6.07, 6.45) is 0.497. The molecule has 0 fully saturated rings. The molecular formula is C10H9NO5. The van der Waals surface area contributed by atoms with Gasteiger partial charge in [-0.25, -0.2) is 0 Å². The molecule has 0 radical (unpaired) electrons. The Morgan fingerprint density at radius 2 is 2.06 bits per heavy atom. The highest BCUT2D eigenvalue weighted by Crippen LogP contribution is 2.27. The molecule has 0 unspecified atom stereocenters. The van der Waals surface area contributed by atoms with E-state index in [-0.39, 0.29) is 23.5 Å². The molecule has 1 heterocycles. The minimum absolute atomic E-state index is 0.0841. The van der Waals surface area contributed by atoms with Crippen molar-refractivity contribution < 1.29 is 19.8 Å². The van der Waals surface area contributed by atoms with E-state index in [4.69, 9.17) is 5.11 Å². The topological polar surface area (TPSA) is 96.6 Å². The lowest BCUT2D eigenvalue weighted by Crippen LogP contribution is -2.26. The Labute approximate surface area is 89.8 Å². The zero-order chi connectivity index (χ0) is 11.9. The van der Waals surface area contributed by atoms with E-state index in [9.17, 15) is 19.5 Å². The number of ketones is 1. The molecule has 6 nitrogen and oxygen atoms in total. The van der Waals surface area contributed by atoms with Crippen LogP contribution in [0.5, 0.6) is 5.75 Å². The monoisotopic (exact) mass is 223 g/mol. The number of aliphatic carboxylic acids is 1. The quantitative estimate of drug-likeness (QED) is 0.721. The third kappa shape index (κ3) is 1.48. The molecule has 6 heteroatoms. The van der Waals surface area contributed by atoms with Crippen LogP contribution >= 0.6 is 0 Å². The molecular weight excluding hydrogens is 214 g/mol. The average Bonchev–Trinajstić information content (AvgIpc) is 2.55. The smallest absolute Gasteiger partial charge is 0.323 e. The second-order valence-electron chi connectivity index (χ2n) is 3.59. The van der Waals surface area contributed by atoms with E-state index in [1.165, 1.54) is 0 Å². The van der Waals surface area contributed by atoms with Gasteiger partial charge in [-0.2, -0.15) is 0 Å². The highest BCUT2D eigenvalue weighted by Gasteiger charge is 2.27. The minimum Gasteiger partial charge on any atom is -0.507 e. The van der Waals surface area contributed by atoms with Crippen molar-refractivity contribution in [2.75, 3.05) is 0 Å². The van der Waals surface area contributed by atoms with Crippen molar-refractivity contribution in [1.29, 1.82) is 0 Å². The number of fused-ring (bicyclic) bond motifs is 1. The van der Waals surface area contributed by atoms with Crippen LogP contribution in [0.2, 0.25) is 0 Å². The van der Waals surface area contributed by atoms with Gasteiger partial charge >= 0.3 is 5.97 Å². The summed E-state index contributed by atoms with van der Waals surface area (Å²) >= 11 is 0. The molecule has 1 aromatic rings. The maximum Gasteiger partial charge on any atom is 0.323 e. The minimum atomic E-state index is -1.16. The molecule has 84 valence electrons. The number of pyridine rings is 1. The molecule has 1 aliphatic carbocycles. The maximum atomic E-state index is 11.5. The fourth-order valence-electron chi connectivity index (χ4n) is 1.91. The van der Waals surface area contributed by atoms with E-state index in [0.29, 0.717) is 12.1 Å². The third-order valence-electron chi connectivity index (χ3n) is 2.56. The van der Waals surface area contributed by atoms with Gasteiger partial charge in [0.1, 0.15) is 12.3 Å². The second kappa shape index (κ2) is 3.48. The van der Waals surface area contributed by atoms with Crippen LogP contribution in [0.1, 0.15) is 22.5 Å². The number of aromatic nitrogens is 1. The maximum absolute atomic E-state index is 11.5. The number of nitrogens with zero attached hydrogens (tertiary/aromatic N) is 1. The second-order valence-corrected chi connectivity index (χ2v) is 3.59. The summed E-state index contributed by atoms with van der Waals surface area (Å²) < 4.78 is 1.02. The Morgan fingerprint density at radius 1 is 1.38 bits per heavy atom. The lowest BCUT2D eigenvalue weighted by molar-refractivity contribution is -0.137. The first-order chi connectivity index (χ1) is 7.50. The van der Waals surface area contributed by atoms with Crippen molar-refractivity contribution in [3.8, 4) is 5.75 Å². The van der Waals surface area contributed by atoms with Gasteiger partial charge in [-0.3, -0.25) is 14.4 Å². The fourth-order valence-corrected chi connectivity index (χ4v) is 1.91. The van der Waals surface area contributed by atoms with Gasteiger partial charge in [-0.05, 0) is 6.42 Å². The van der Waals surface area contributed by atoms with E-state index in [0.717, 1.165) is 10.6 Å². The van der Waals surface area contributed by atoms with Crippen LogP contribution in [0.3, 0.4) is 0 Å². The molecule has 0 saturated carbocycles. The Hall–Kier alpha value is -2.11. The van der Waals surface area contributed by atoms with Crippen molar-refractivity contribution in [3.63, 3.8) is 0 Å². The van der Waals surface area contributed by atoms with E-state index >= 15 is 0 Å². The molecule has 1 aromatic heterocycles. The summed E-state index contributed by atoms with van der Waals surface area (Å²) in [5, 5.41) is 18.1. The van der Waals surface area contributed by atoms with Crippen LogP contribution in [0.4, 0.5) is 0 Å². The fraction of sp³-hybridized carbons (Fsp3) is 0.300. The van der Waals surface area contributed by atoms with Crippen molar-refractivity contribution in [2.24, 2.45) is 0 Å². The Kier molecular flexibility index (Phi) is 2.26. The number of aromatic hydroxyl groups is 1. The van der Waals surface area contributed by atoms with Gasteiger partial charge in [0.15, 0.2) is 5.78 Å². The highest BCUT2D eigenvalue weighted by atomic mass is 16.4. The van der Waals surface area contributed by atoms with Crippen LogP contribution in [0.15, 0.2) is 10.9 Å². The average molecular weight is 223 g/mol. The summed E-state index contributed by atoms with van der Waals surface area (Å²) in [6.45, 7) is -0.491. The molecule has 0 atom stereocenters. The van der Waals surface area contributed by atoms with E-state index in [1.807, 2.05) is 0 Å². The van der Waals surface area contributed by atoms with Gasteiger partial charge in [-0.15, -0.1) is 0 Å². The van der Waals surface area contributed by atoms with Crippen LogP contribution in [0.25, 0.3) is 0 Å². The Bertz CT molecular complexity index is 543. The summed E-state index contributed by atoms with van der Waals surface area (Å²) in [7, 11) is 0. The normalized spacial score (nSPS) is 13.9. The molecule has 2 rings (SSSR count). The first-order valence-corrected chi connectivity index (χ1v) is 4.71. The number of rotatable bonds is 2. The molecule has 0 amide bonds. The van der Waals surface area contributed by atoms with Crippen LogP contribution in [-0.4, -0.2) is 26.5 Å².